The molecule has 2 fully saturated rings. The number of aliphatic hydroxyl groups is 1. The topological polar surface area (TPSA) is 82.1 Å². The molecule has 2 aliphatic rings. The summed E-state index contributed by atoms with van der Waals surface area (Å²) < 4.78 is 5.77. The lowest BCUT2D eigenvalue weighted by Crippen LogP contribution is -2.56. The number of hydrogen-bond donors (Lipinski definition) is 2. The van der Waals surface area contributed by atoms with Crippen molar-refractivity contribution in [2.24, 2.45) is 0 Å². The van der Waals surface area contributed by atoms with Crippen LogP contribution in [0.1, 0.15) is 24.0 Å². The maximum atomic E-state index is 12.6. The van der Waals surface area contributed by atoms with Gasteiger partial charge in [-0.15, -0.1) is 0 Å². The fourth-order valence-electron chi connectivity index (χ4n) is 4.15. The Kier molecular flexibility index (Phi) is 6.01. The van der Waals surface area contributed by atoms with Crippen LogP contribution in [0.2, 0.25) is 0 Å². The molecule has 7 heteroatoms. The molecule has 3 atom stereocenters. The number of benzene rings is 1. The van der Waals surface area contributed by atoms with Crippen molar-refractivity contribution in [3.8, 4) is 5.75 Å². The van der Waals surface area contributed by atoms with E-state index in [1.807, 2.05) is 36.9 Å². The first-order valence-corrected chi connectivity index (χ1v) is 9.52. The number of carbonyl (C=O) groups excluding carboxylic acids is 2. The molecule has 1 aromatic carbocycles. The average Bonchev–Trinajstić information content (AvgIpc) is 3.02. The highest BCUT2D eigenvalue weighted by molar-refractivity contribution is 5.79. The third kappa shape index (κ3) is 4.25. The second-order valence-electron chi connectivity index (χ2n) is 7.54. The van der Waals surface area contributed by atoms with E-state index in [0.29, 0.717) is 13.1 Å². The van der Waals surface area contributed by atoms with Gasteiger partial charge in [0.15, 0.2) is 6.61 Å². The van der Waals surface area contributed by atoms with Gasteiger partial charge >= 0.3 is 0 Å². The predicted octanol–water partition coefficient (Wildman–Crippen LogP) is 0.464. The number of aliphatic hydroxyl groups excluding tert-OH is 1. The van der Waals surface area contributed by atoms with Crippen LogP contribution in [0, 0.1) is 13.8 Å². The van der Waals surface area contributed by atoms with Crippen molar-refractivity contribution in [2.75, 3.05) is 33.3 Å². The van der Waals surface area contributed by atoms with E-state index in [2.05, 4.69) is 5.32 Å². The molecule has 2 N–H and O–H groups in total. The van der Waals surface area contributed by atoms with Crippen LogP contribution in [0.25, 0.3) is 0 Å². The maximum Gasteiger partial charge on any atom is 0.260 e. The van der Waals surface area contributed by atoms with Crippen molar-refractivity contribution in [1.29, 1.82) is 0 Å². The van der Waals surface area contributed by atoms with Crippen LogP contribution in [-0.4, -0.2) is 78.2 Å². The van der Waals surface area contributed by atoms with Crippen molar-refractivity contribution in [3.63, 3.8) is 0 Å². The first-order valence-electron chi connectivity index (χ1n) is 9.52. The number of hydrogen-bond acceptors (Lipinski definition) is 5. The zero-order chi connectivity index (χ0) is 19.6. The Morgan fingerprint density at radius 2 is 2.04 bits per heavy atom. The fourth-order valence-corrected chi connectivity index (χ4v) is 4.15. The Hall–Kier alpha value is -2.12. The standard InChI is InChI=1S/C20H29N3O4/c1-13-5-4-6-14(2)20(13)27-12-18(25)22(3)15-7-8-16(19(15)26)23-10-9-21-17(24)11-23/h4-6,15-16,19,26H,7-12H2,1-3H3,(H,21,24)/t15-,16-,19-/m1/s1. The van der Waals surface area contributed by atoms with Crippen LogP contribution >= 0.6 is 0 Å². The SMILES string of the molecule is Cc1cccc(C)c1OCC(=O)N(C)[C@@H]1CC[C@@H](N2CCNC(=O)C2)[C@@H]1O. The van der Waals surface area contributed by atoms with Gasteiger partial charge in [-0.2, -0.15) is 0 Å². The van der Waals surface area contributed by atoms with Crippen LogP contribution in [0.3, 0.4) is 0 Å². The number of ether oxygens (including phenoxy) is 1. The quantitative estimate of drug-likeness (QED) is 0.782. The van der Waals surface area contributed by atoms with Crippen molar-refractivity contribution < 1.29 is 19.4 Å². The number of nitrogens with one attached hydrogen (secondary N) is 1. The minimum absolute atomic E-state index is 0.0108. The molecule has 1 saturated heterocycles. The van der Waals surface area contributed by atoms with E-state index >= 15 is 0 Å². The number of amides is 2. The van der Waals surface area contributed by atoms with Gasteiger partial charge in [0.1, 0.15) is 5.75 Å². The Morgan fingerprint density at radius 1 is 1.33 bits per heavy atom. The van der Waals surface area contributed by atoms with Crippen LogP contribution in [0.4, 0.5) is 0 Å². The largest absolute Gasteiger partial charge is 0.483 e. The summed E-state index contributed by atoms with van der Waals surface area (Å²) in [6.07, 6.45) is 0.828. The van der Waals surface area contributed by atoms with Gasteiger partial charge in [0.25, 0.3) is 5.91 Å². The fraction of sp³-hybridized carbons (Fsp3) is 0.600. The molecule has 1 saturated carbocycles. The van der Waals surface area contributed by atoms with E-state index in [-0.39, 0.29) is 30.5 Å². The highest BCUT2D eigenvalue weighted by Crippen LogP contribution is 2.29. The summed E-state index contributed by atoms with van der Waals surface area (Å²) in [5.41, 5.74) is 1.99. The summed E-state index contributed by atoms with van der Waals surface area (Å²) in [4.78, 5) is 27.9. The maximum absolute atomic E-state index is 12.6. The van der Waals surface area contributed by atoms with Crippen molar-refractivity contribution in [2.45, 2.75) is 44.9 Å². The Balaban J connectivity index is 1.58. The second kappa shape index (κ2) is 8.27. The smallest absolute Gasteiger partial charge is 0.260 e. The number of carbonyl (C=O) groups is 2. The van der Waals surface area contributed by atoms with E-state index < -0.39 is 6.10 Å². The third-order valence-electron chi connectivity index (χ3n) is 5.72. The molecule has 1 aromatic rings. The molecule has 1 heterocycles. The molecule has 0 radical (unpaired) electrons. The minimum Gasteiger partial charge on any atom is -0.483 e. The van der Waals surface area contributed by atoms with Crippen molar-refractivity contribution >= 4 is 11.8 Å². The number of piperazine rings is 1. The summed E-state index contributed by atoms with van der Waals surface area (Å²) in [6, 6.07) is 5.53. The van der Waals surface area contributed by atoms with Crippen LogP contribution < -0.4 is 10.1 Å². The molecule has 0 spiro atoms. The molecule has 1 aliphatic carbocycles. The van der Waals surface area contributed by atoms with Crippen molar-refractivity contribution in [3.05, 3.63) is 29.3 Å². The Morgan fingerprint density at radius 3 is 2.70 bits per heavy atom. The summed E-state index contributed by atoms with van der Waals surface area (Å²) >= 11 is 0. The lowest BCUT2D eigenvalue weighted by atomic mass is 10.1. The van der Waals surface area contributed by atoms with E-state index in [1.165, 1.54) is 0 Å². The van der Waals surface area contributed by atoms with Crippen LogP contribution in [0.5, 0.6) is 5.75 Å². The van der Waals surface area contributed by atoms with Gasteiger partial charge in [-0.1, -0.05) is 18.2 Å². The monoisotopic (exact) mass is 375 g/mol. The van der Waals surface area contributed by atoms with Crippen LogP contribution in [0.15, 0.2) is 18.2 Å². The molecular weight excluding hydrogens is 346 g/mol. The van der Waals surface area contributed by atoms with Gasteiger partial charge in [0, 0.05) is 26.2 Å². The zero-order valence-electron chi connectivity index (χ0n) is 16.3. The summed E-state index contributed by atoms with van der Waals surface area (Å²) in [5.74, 6) is 0.575. The molecular formula is C20H29N3O4. The zero-order valence-corrected chi connectivity index (χ0v) is 16.3. The summed E-state index contributed by atoms with van der Waals surface area (Å²) in [6.45, 7) is 5.50. The molecule has 0 bridgehead atoms. The van der Waals surface area contributed by atoms with E-state index in [4.69, 9.17) is 4.74 Å². The molecule has 2 amide bonds. The molecule has 7 nitrogen and oxygen atoms in total. The minimum atomic E-state index is -0.662. The van der Waals surface area contributed by atoms with Gasteiger partial charge in [-0.3, -0.25) is 14.5 Å². The van der Waals surface area contributed by atoms with Gasteiger partial charge in [-0.25, -0.2) is 0 Å². The molecule has 0 unspecified atom stereocenters. The number of aryl methyl sites for hydroxylation is 2. The average molecular weight is 375 g/mol. The highest BCUT2D eigenvalue weighted by atomic mass is 16.5. The van der Waals surface area contributed by atoms with E-state index in [9.17, 15) is 14.7 Å². The van der Waals surface area contributed by atoms with Gasteiger partial charge < -0.3 is 20.1 Å². The highest BCUT2D eigenvalue weighted by Gasteiger charge is 2.42. The van der Waals surface area contributed by atoms with Crippen molar-refractivity contribution in [1.82, 2.24) is 15.1 Å². The number of likely N-dealkylation sites (N-methyl/N-ethyl adjacent to an activating group) is 1. The van der Waals surface area contributed by atoms with Gasteiger partial charge in [0.2, 0.25) is 5.91 Å². The molecule has 3 rings (SSSR count). The second-order valence-corrected chi connectivity index (χ2v) is 7.54. The molecule has 27 heavy (non-hydrogen) atoms. The first kappa shape index (κ1) is 19.6. The molecule has 148 valence electrons. The third-order valence-corrected chi connectivity index (χ3v) is 5.72. The van der Waals surface area contributed by atoms with Crippen LogP contribution in [-0.2, 0) is 9.59 Å². The number of para-hydroxylation sites is 1. The van der Waals surface area contributed by atoms with Gasteiger partial charge in [-0.05, 0) is 37.8 Å². The normalized spacial score (nSPS) is 25.9. The predicted molar refractivity (Wildman–Crippen MR) is 102 cm³/mol. The van der Waals surface area contributed by atoms with E-state index in [0.717, 1.165) is 36.3 Å². The molecule has 1 aliphatic heterocycles. The first-order chi connectivity index (χ1) is 12.9. The lowest BCUT2D eigenvalue weighted by Gasteiger charge is -2.35. The lowest BCUT2D eigenvalue weighted by molar-refractivity contribution is -0.137. The summed E-state index contributed by atoms with van der Waals surface area (Å²) in [5, 5.41) is 13.6. The Bertz CT molecular complexity index is 688. The van der Waals surface area contributed by atoms with E-state index in [1.54, 1.807) is 11.9 Å². The van der Waals surface area contributed by atoms with Gasteiger partial charge in [0.05, 0.1) is 18.7 Å². The number of nitrogens with zero attached hydrogens (tertiary/aromatic N) is 2. The Labute approximate surface area is 160 Å². The molecule has 0 aromatic heterocycles. The summed E-state index contributed by atoms with van der Waals surface area (Å²) in [7, 11) is 1.72. The number of rotatable bonds is 5.